The molecule has 0 saturated carbocycles. The van der Waals surface area contributed by atoms with Crippen LogP contribution in [0.15, 0.2) is 24.3 Å². The maximum Gasteiger partial charge on any atom is 0.306 e. The van der Waals surface area contributed by atoms with Crippen LogP contribution in [0.2, 0.25) is 0 Å². The molecule has 0 heterocycles. The summed E-state index contributed by atoms with van der Waals surface area (Å²) in [5.41, 5.74) is 2.01. The van der Waals surface area contributed by atoms with E-state index < -0.39 is 0 Å². The van der Waals surface area contributed by atoms with E-state index in [4.69, 9.17) is 10.2 Å². The minimum atomic E-state index is -0.219. The van der Waals surface area contributed by atoms with Gasteiger partial charge in [-0.2, -0.15) is 0 Å². The third-order valence-electron chi connectivity index (χ3n) is 3.27. The topological polar surface area (TPSA) is 70.0 Å². The van der Waals surface area contributed by atoms with Gasteiger partial charge in [0.15, 0.2) is 0 Å². The summed E-state index contributed by atoms with van der Waals surface area (Å²) in [7, 11) is 1.39. The Morgan fingerprint density at radius 3 is 2.20 bits per heavy atom. The zero-order valence-electron chi connectivity index (χ0n) is 12.1. The molecule has 0 bridgehead atoms. The van der Waals surface area contributed by atoms with Gasteiger partial charge in [0, 0.05) is 18.8 Å². The molecule has 0 aromatic heterocycles. The molecule has 0 aliphatic heterocycles. The van der Waals surface area contributed by atoms with Gasteiger partial charge < -0.3 is 19.8 Å². The second kappa shape index (κ2) is 8.55. The molecule has 0 aliphatic rings. The lowest BCUT2D eigenvalue weighted by Crippen LogP contribution is -2.29. The molecule has 5 nitrogen and oxygen atoms in total. The van der Waals surface area contributed by atoms with Crippen molar-refractivity contribution in [1.29, 1.82) is 0 Å². The summed E-state index contributed by atoms with van der Waals surface area (Å²) >= 11 is 0. The molecule has 112 valence electrons. The number of hydrogen-bond acceptors (Lipinski definition) is 5. The highest BCUT2D eigenvalue weighted by Gasteiger charge is 2.12. The zero-order valence-corrected chi connectivity index (χ0v) is 12.1. The fourth-order valence-corrected chi connectivity index (χ4v) is 2.08. The van der Waals surface area contributed by atoms with Crippen LogP contribution in [0, 0.1) is 0 Å². The molecule has 5 heteroatoms. The number of carbonyl (C=O) groups is 1. The molecule has 0 unspecified atom stereocenters. The number of benzene rings is 1. The van der Waals surface area contributed by atoms with Crippen molar-refractivity contribution in [3.63, 3.8) is 0 Å². The van der Waals surface area contributed by atoms with Gasteiger partial charge in [0.05, 0.1) is 26.7 Å². The smallest absolute Gasteiger partial charge is 0.306 e. The Kier molecular flexibility index (Phi) is 7.04. The highest BCUT2D eigenvalue weighted by Crippen LogP contribution is 2.23. The molecule has 1 aromatic carbocycles. The van der Waals surface area contributed by atoms with Crippen molar-refractivity contribution in [2.24, 2.45) is 0 Å². The highest BCUT2D eigenvalue weighted by molar-refractivity contribution is 5.70. The Morgan fingerprint density at radius 1 is 1.20 bits per heavy atom. The molecule has 0 aliphatic carbocycles. The van der Waals surface area contributed by atoms with Crippen LogP contribution in [0.1, 0.15) is 24.8 Å². The van der Waals surface area contributed by atoms with Crippen LogP contribution in [-0.4, -0.2) is 49.6 Å². The van der Waals surface area contributed by atoms with Crippen LogP contribution < -0.4 is 4.90 Å². The number of hydrogen-bond donors (Lipinski definition) is 2. The average molecular weight is 281 g/mol. The van der Waals surface area contributed by atoms with E-state index in [0.29, 0.717) is 19.5 Å². The first kappa shape index (κ1) is 16.5. The van der Waals surface area contributed by atoms with Crippen LogP contribution in [0.25, 0.3) is 0 Å². The largest absolute Gasteiger partial charge is 0.469 e. The van der Waals surface area contributed by atoms with Crippen molar-refractivity contribution in [2.75, 3.05) is 38.3 Å². The molecule has 0 amide bonds. The molecule has 1 atom stereocenters. The minimum absolute atomic E-state index is 0.0422. The van der Waals surface area contributed by atoms with E-state index in [-0.39, 0.29) is 25.1 Å². The zero-order chi connectivity index (χ0) is 15.0. The van der Waals surface area contributed by atoms with Crippen molar-refractivity contribution in [3.8, 4) is 0 Å². The van der Waals surface area contributed by atoms with Crippen LogP contribution in [-0.2, 0) is 9.53 Å². The molecule has 1 aromatic rings. The molecule has 0 spiro atoms. The molecular formula is C15H23NO4. The van der Waals surface area contributed by atoms with Gasteiger partial charge in [-0.15, -0.1) is 0 Å². The van der Waals surface area contributed by atoms with E-state index in [1.165, 1.54) is 7.11 Å². The summed E-state index contributed by atoms with van der Waals surface area (Å²) in [5, 5.41) is 18.0. The molecule has 0 radical (unpaired) electrons. The van der Waals surface area contributed by atoms with Crippen molar-refractivity contribution >= 4 is 11.7 Å². The lowest BCUT2D eigenvalue weighted by Gasteiger charge is -2.23. The lowest BCUT2D eigenvalue weighted by molar-refractivity contribution is -0.140. The molecule has 2 N–H and O–H groups in total. The summed E-state index contributed by atoms with van der Waals surface area (Å²) < 4.78 is 4.67. The van der Waals surface area contributed by atoms with Crippen LogP contribution in [0.3, 0.4) is 0 Å². The number of nitrogens with zero attached hydrogens (tertiary/aromatic N) is 1. The van der Waals surface area contributed by atoms with Gasteiger partial charge in [-0.3, -0.25) is 4.79 Å². The van der Waals surface area contributed by atoms with Crippen LogP contribution in [0.5, 0.6) is 0 Å². The summed E-state index contributed by atoms with van der Waals surface area (Å²) in [4.78, 5) is 13.2. The summed E-state index contributed by atoms with van der Waals surface area (Å²) in [6.45, 7) is 3.03. The van der Waals surface area contributed by atoms with Gasteiger partial charge in [-0.05, 0) is 23.6 Å². The number of anilines is 1. The second-order valence-corrected chi connectivity index (χ2v) is 4.71. The Balaban J connectivity index is 2.73. The molecule has 0 saturated heterocycles. The first-order chi connectivity index (χ1) is 9.62. The minimum Gasteiger partial charge on any atom is -0.469 e. The standard InChI is InChI=1S/C15H23NO4/c1-12(11-15(19)20-2)13-3-5-14(6-4-13)16(7-9-17)8-10-18/h3-6,12,17-18H,7-11H2,1-2H3/t12-/m0/s1. The third-order valence-corrected chi connectivity index (χ3v) is 3.27. The van der Waals surface area contributed by atoms with Gasteiger partial charge in [0.2, 0.25) is 0 Å². The first-order valence-corrected chi connectivity index (χ1v) is 6.75. The van der Waals surface area contributed by atoms with Crippen LogP contribution in [0.4, 0.5) is 5.69 Å². The lowest BCUT2D eigenvalue weighted by atomic mass is 9.97. The van der Waals surface area contributed by atoms with E-state index in [1.54, 1.807) is 0 Å². The van der Waals surface area contributed by atoms with Gasteiger partial charge in [0.1, 0.15) is 0 Å². The normalized spacial score (nSPS) is 12.0. The van der Waals surface area contributed by atoms with E-state index in [0.717, 1.165) is 11.3 Å². The fraction of sp³-hybridized carbons (Fsp3) is 0.533. The molecule has 20 heavy (non-hydrogen) atoms. The van der Waals surface area contributed by atoms with Gasteiger partial charge in [0.25, 0.3) is 0 Å². The van der Waals surface area contributed by atoms with Crippen molar-refractivity contribution < 1.29 is 19.7 Å². The van der Waals surface area contributed by atoms with E-state index in [9.17, 15) is 4.79 Å². The number of methoxy groups -OCH3 is 1. The van der Waals surface area contributed by atoms with Crippen molar-refractivity contribution in [2.45, 2.75) is 19.3 Å². The molecule has 0 fully saturated rings. The number of aliphatic hydroxyl groups is 2. The first-order valence-electron chi connectivity index (χ1n) is 6.75. The average Bonchev–Trinajstić information content (AvgIpc) is 2.47. The summed E-state index contributed by atoms with van der Waals surface area (Å²) in [5.74, 6) is -0.121. The number of esters is 1. The van der Waals surface area contributed by atoms with Crippen LogP contribution >= 0.6 is 0 Å². The Bertz CT molecular complexity index is 399. The highest BCUT2D eigenvalue weighted by atomic mass is 16.5. The second-order valence-electron chi connectivity index (χ2n) is 4.71. The summed E-state index contributed by atoms with van der Waals surface area (Å²) in [6.07, 6.45) is 0.354. The quantitative estimate of drug-likeness (QED) is 0.699. The fourth-order valence-electron chi connectivity index (χ4n) is 2.08. The maximum atomic E-state index is 11.3. The molecule has 1 rings (SSSR count). The Morgan fingerprint density at radius 2 is 1.75 bits per heavy atom. The molecular weight excluding hydrogens is 258 g/mol. The van der Waals surface area contributed by atoms with Crippen molar-refractivity contribution in [3.05, 3.63) is 29.8 Å². The predicted molar refractivity (Wildman–Crippen MR) is 77.9 cm³/mol. The number of carbonyl (C=O) groups excluding carboxylic acids is 1. The van der Waals surface area contributed by atoms with Gasteiger partial charge in [-0.1, -0.05) is 19.1 Å². The number of aliphatic hydroxyl groups excluding tert-OH is 2. The SMILES string of the molecule is COC(=O)C[C@H](C)c1ccc(N(CCO)CCO)cc1. The van der Waals surface area contributed by atoms with Crippen molar-refractivity contribution in [1.82, 2.24) is 0 Å². The van der Waals surface area contributed by atoms with E-state index >= 15 is 0 Å². The van der Waals surface area contributed by atoms with E-state index in [1.807, 2.05) is 36.1 Å². The number of rotatable bonds is 8. The summed E-state index contributed by atoms with van der Waals surface area (Å²) in [6, 6.07) is 7.80. The third kappa shape index (κ3) is 4.83. The van der Waals surface area contributed by atoms with Gasteiger partial charge >= 0.3 is 5.97 Å². The van der Waals surface area contributed by atoms with E-state index in [2.05, 4.69) is 4.74 Å². The monoisotopic (exact) mass is 281 g/mol. The number of ether oxygens (including phenoxy) is 1. The maximum absolute atomic E-state index is 11.3. The van der Waals surface area contributed by atoms with Gasteiger partial charge in [-0.25, -0.2) is 0 Å². The Labute approximate surface area is 119 Å². The predicted octanol–water partition coefficient (Wildman–Crippen LogP) is 1.14. The Hall–Kier alpha value is -1.59.